The Hall–Kier alpha value is -2.18. The Kier molecular flexibility index (Phi) is 4.97. The number of hydrogen-bond acceptors (Lipinski definition) is 4. The Balaban J connectivity index is 1.62. The summed E-state index contributed by atoms with van der Waals surface area (Å²) in [6.07, 6.45) is 1.17. The summed E-state index contributed by atoms with van der Waals surface area (Å²) < 4.78 is 1.91. The van der Waals surface area contributed by atoms with Crippen LogP contribution in [0.4, 0.5) is 0 Å². The molecule has 0 radical (unpaired) electrons. The van der Waals surface area contributed by atoms with E-state index < -0.39 is 6.10 Å². The lowest BCUT2D eigenvalue weighted by Crippen LogP contribution is -2.50. The average Bonchev–Trinajstić information content (AvgIpc) is 2.96. The largest absolute Gasteiger partial charge is 0.384 e. The molecule has 128 valence electrons. The van der Waals surface area contributed by atoms with Crippen molar-refractivity contribution < 1.29 is 9.90 Å². The lowest BCUT2D eigenvalue weighted by molar-refractivity contribution is -0.141. The van der Waals surface area contributed by atoms with Gasteiger partial charge in [0.15, 0.2) is 0 Å². The van der Waals surface area contributed by atoms with Gasteiger partial charge < -0.3 is 10.0 Å². The third kappa shape index (κ3) is 3.66. The van der Waals surface area contributed by atoms with Crippen LogP contribution in [0.15, 0.2) is 36.5 Å². The molecule has 24 heavy (non-hydrogen) atoms. The molecule has 6 nitrogen and oxygen atoms in total. The molecule has 1 saturated heterocycles. The number of aliphatic hydroxyl groups is 1. The van der Waals surface area contributed by atoms with E-state index in [0.717, 1.165) is 31.0 Å². The highest BCUT2D eigenvalue weighted by atomic mass is 16.3. The third-order valence-corrected chi connectivity index (χ3v) is 4.46. The number of benzene rings is 1. The Bertz CT molecular complexity index is 688. The highest BCUT2D eigenvalue weighted by Crippen LogP contribution is 2.15. The van der Waals surface area contributed by atoms with Crippen molar-refractivity contribution in [3.63, 3.8) is 0 Å². The van der Waals surface area contributed by atoms with Crippen molar-refractivity contribution in [3.05, 3.63) is 47.8 Å². The molecule has 1 fully saturated rings. The summed E-state index contributed by atoms with van der Waals surface area (Å²) in [5, 5.41) is 14.0. The molecule has 0 aliphatic carbocycles. The van der Waals surface area contributed by atoms with Crippen LogP contribution >= 0.6 is 0 Å². The van der Waals surface area contributed by atoms with Gasteiger partial charge in [0.05, 0.1) is 11.4 Å². The van der Waals surface area contributed by atoms with Crippen LogP contribution in [0.25, 0.3) is 5.69 Å². The highest BCUT2D eigenvalue weighted by molar-refractivity contribution is 5.80. The molecule has 2 aromatic rings. The number of hydrogen-bond donors (Lipinski definition) is 1. The number of nitrogens with zero attached hydrogens (tertiary/aromatic N) is 4. The van der Waals surface area contributed by atoms with Gasteiger partial charge in [-0.1, -0.05) is 18.2 Å². The summed E-state index contributed by atoms with van der Waals surface area (Å²) >= 11 is 0. The van der Waals surface area contributed by atoms with Crippen LogP contribution in [0.3, 0.4) is 0 Å². The van der Waals surface area contributed by atoms with E-state index in [1.807, 2.05) is 41.9 Å². The molecule has 1 aliphatic rings. The van der Waals surface area contributed by atoms with Gasteiger partial charge in [-0.15, -0.1) is 0 Å². The summed E-state index contributed by atoms with van der Waals surface area (Å²) in [7, 11) is 0. The van der Waals surface area contributed by atoms with Crippen LogP contribution < -0.4 is 0 Å². The number of aryl methyl sites for hydroxylation is 1. The summed E-state index contributed by atoms with van der Waals surface area (Å²) in [6, 6.07) is 10.1. The SMILES string of the molecule is Cc1nn(-c2ccccc2)cc1CN1CCN(C(=O)C(C)O)CC1. The fourth-order valence-electron chi connectivity index (χ4n) is 3.00. The summed E-state index contributed by atoms with van der Waals surface area (Å²) in [5.41, 5.74) is 3.29. The van der Waals surface area contributed by atoms with Gasteiger partial charge in [-0.2, -0.15) is 5.10 Å². The van der Waals surface area contributed by atoms with Crippen molar-refractivity contribution in [1.82, 2.24) is 19.6 Å². The van der Waals surface area contributed by atoms with Crippen molar-refractivity contribution in [2.24, 2.45) is 0 Å². The molecule has 0 saturated carbocycles. The van der Waals surface area contributed by atoms with E-state index in [9.17, 15) is 9.90 Å². The van der Waals surface area contributed by atoms with E-state index in [2.05, 4.69) is 16.2 Å². The number of aromatic nitrogens is 2. The molecule has 6 heteroatoms. The molecule has 1 N–H and O–H groups in total. The zero-order valence-electron chi connectivity index (χ0n) is 14.2. The van der Waals surface area contributed by atoms with Gasteiger partial charge in [-0.05, 0) is 26.0 Å². The van der Waals surface area contributed by atoms with Gasteiger partial charge in [-0.25, -0.2) is 4.68 Å². The lowest BCUT2D eigenvalue weighted by Gasteiger charge is -2.35. The summed E-state index contributed by atoms with van der Waals surface area (Å²) in [4.78, 5) is 15.9. The third-order valence-electron chi connectivity index (χ3n) is 4.46. The Labute approximate surface area is 142 Å². The van der Waals surface area contributed by atoms with E-state index in [0.29, 0.717) is 13.1 Å². The molecule has 3 rings (SSSR count). The first-order valence-corrected chi connectivity index (χ1v) is 8.34. The molecule has 0 spiro atoms. The second-order valence-corrected chi connectivity index (χ2v) is 6.30. The van der Waals surface area contributed by atoms with E-state index >= 15 is 0 Å². The quantitative estimate of drug-likeness (QED) is 0.916. The molecule has 2 heterocycles. The molecule has 1 aromatic carbocycles. The van der Waals surface area contributed by atoms with Crippen LogP contribution in [0.1, 0.15) is 18.2 Å². The van der Waals surface area contributed by atoms with E-state index in [1.165, 1.54) is 12.5 Å². The van der Waals surface area contributed by atoms with Crippen molar-refractivity contribution in [3.8, 4) is 5.69 Å². The van der Waals surface area contributed by atoms with Crippen LogP contribution in [-0.4, -0.2) is 62.9 Å². The van der Waals surface area contributed by atoms with Crippen LogP contribution in [-0.2, 0) is 11.3 Å². The minimum Gasteiger partial charge on any atom is -0.384 e. The first kappa shape index (κ1) is 16.7. The minimum absolute atomic E-state index is 0.178. The fraction of sp³-hybridized carbons (Fsp3) is 0.444. The molecular weight excluding hydrogens is 304 g/mol. The standard InChI is InChI=1S/C18H24N4O2/c1-14-16(13-22(19-14)17-6-4-3-5-7-17)12-20-8-10-21(11-9-20)18(24)15(2)23/h3-7,13,15,23H,8-12H2,1-2H3. The van der Waals surface area contributed by atoms with Gasteiger partial charge in [-0.3, -0.25) is 9.69 Å². The second kappa shape index (κ2) is 7.15. The maximum Gasteiger partial charge on any atom is 0.251 e. The van der Waals surface area contributed by atoms with Crippen LogP contribution in [0.5, 0.6) is 0 Å². The monoisotopic (exact) mass is 328 g/mol. The normalized spacial score (nSPS) is 17.0. The van der Waals surface area contributed by atoms with Gasteiger partial charge in [0, 0.05) is 44.5 Å². The van der Waals surface area contributed by atoms with Gasteiger partial charge >= 0.3 is 0 Å². The first-order valence-electron chi connectivity index (χ1n) is 8.34. The van der Waals surface area contributed by atoms with E-state index in [-0.39, 0.29) is 5.91 Å². The first-order chi connectivity index (χ1) is 11.5. The molecule has 1 aliphatic heterocycles. The summed E-state index contributed by atoms with van der Waals surface area (Å²) in [5.74, 6) is -0.178. The van der Waals surface area contributed by atoms with Crippen LogP contribution in [0.2, 0.25) is 0 Å². The topological polar surface area (TPSA) is 61.6 Å². The fourth-order valence-corrected chi connectivity index (χ4v) is 3.00. The molecule has 0 bridgehead atoms. The van der Waals surface area contributed by atoms with Crippen molar-refractivity contribution >= 4 is 5.91 Å². The Morgan fingerprint density at radius 1 is 1.21 bits per heavy atom. The highest BCUT2D eigenvalue weighted by Gasteiger charge is 2.24. The molecule has 1 aromatic heterocycles. The Morgan fingerprint density at radius 2 is 1.88 bits per heavy atom. The number of piperazine rings is 1. The smallest absolute Gasteiger partial charge is 0.251 e. The van der Waals surface area contributed by atoms with Crippen molar-refractivity contribution in [2.45, 2.75) is 26.5 Å². The zero-order valence-corrected chi connectivity index (χ0v) is 14.2. The van der Waals surface area contributed by atoms with Gasteiger partial charge in [0.2, 0.25) is 0 Å². The predicted molar refractivity (Wildman–Crippen MR) is 91.8 cm³/mol. The van der Waals surface area contributed by atoms with Crippen molar-refractivity contribution in [2.75, 3.05) is 26.2 Å². The van der Waals surface area contributed by atoms with Crippen LogP contribution in [0, 0.1) is 6.92 Å². The molecular formula is C18H24N4O2. The Morgan fingerprint density at radius 3 is 2.50 bits per heavy atom. The minimum atomic E-state index is -0.914. The number of carbonyl (C=O) groups is 1. The molecule has 1 unspecified atom stereocenters. The summed E-state index contributed by atoms with van der Waals surface area (Å²) in [6.45, 7) is 7.33. The number of amides is 1. The predicted octanol–water partition coefficient (Wildman–Crippen LogP) is 1.21. The second-order valence-electron chi connectivity index (χ2n) is 6.30. The zero-order chi connectivity index (χ0) is 17.1. The average molecular weight is 328 g/mol. The van der Waals surface area contributed by atoms with Gasteiger partial charge in [0.1, 0.15) is 6.10 Å². The van der Waals surface area contributed by atoms with Crippen molar-refractivity contribution in [1.29, 1.82) is 0 Å². The maximum atomic E-state index is 11.8. The number of carbonyl (C=O) groups excluding carboxylic acids is 1. The van der Waals surface area contributed by atoms with E-state index in [4.69, 9.17) is 0 Å². The molecule has 1 atom stereocenters. The van der Waals surface area contributed by atoms with E-state index in [1.54, 1.807) is 4.90 Å². The van der Waals surface area contributed by atoms with Gasteiger partial charge in [0.25, 0.3) is 5.91 Å². The lowest BCUT2D eigenvalue weighted by atomic mass is 10.2. The number of aliphatic hydroxyl groups excluding tert-OH is 1. The number of rotatable bonds is 4. The number of para-hydroxylation sites is 1. The maximum absolute atomic E-state index is 11.8. The molecule has 1 amide bonds.